The Kier molecular flexibility index (Phi) is 5.04. The number of rotatable bonds is 2. The number of hydrogen-bond donors (Lipinski definition) is 2. The summed E-state index contributed by atoms with van der Waals surface area (Å²) in [6.45, 7) is 7.23. The molecule has 2 nitrogen and oxygen atoms in total. The van der Waals surface area contributed by atoms with Crippen molar-refractivity contribution < 1.29 is 0 Å². The minimum absolute atomic E-state index is 0.184. The number of nitrogens with one attached hydrogen (secondary N) is 2. The van der Waals surface area contributed by atoms with Crippen molar-refractivity contribution in [3.8, 4) is 0 Å². The Balaban J connectivity index is 2.54. The lowest BCUT2D eigenvalue weighted by Gasteiger charge is -2.20. The molecule has 0 saturated carbocycles. The van der Waals surface area contributed by atoms with Gasteiger partial charge in [0.25, 0.3) is 0 Å². The second-order valence-corrected chi connectivity index (χ2v) is 6.22. The smallest absolute Gasteiger partial charge is 0.170 e. The van der Waals surface area contributed by atoms with Gasteiger partial charge in [-0.2, -0.15) is 0 Å². The third-order valence-corrected chi connectivity index (χ3v) is 2.94. The van der Waals surface area contributed by atoms with Crippen molar-refractivity contribution in [2.24, 2.45) is 5.41 Å². The fraction of sp³-hybridized carbons (Fsp3) is 0.417. The van der Waals surface area contributed by atoms with Crippen LogP contribution in [-0.4, -0.2) is 11.7 Å². The highest BCUT2D eigenvalue weighted by Crippen LogP contribution is 2.24. The summed E-state index contributed by atoms with van der Waals surface area (Å²) in [6.07, 6.45) is 0. The van der Waals surface area contributed by atoms with E-state index in [1.165, 1.54) is 0 Å². The van der Waals surface area contributed by atoms with Gasteiger partial charge in [-0.1, -0.05) is 44.0 Å². The first kappa shape index (κ1) is 14.6. The number of thiocarbonyl (C=S) groups is 1. The van der Waals surface area contributed by atoms with Gasteiger partial charge in [0.2, 0.25) is 0 Å². The van der Waals surface area contributed by atoms with Gasteiger partial charge < -0.3 is 10.6 Å². The van der Waals surface area contributed by atoms with Gasteiger partial charge in [0.05, 0.1) is 10.0 Å². The largest absolute Gasteiger partial charge is 0.362 e. The predicted molar refractivity (Wildman–Crippen MR) is 80.1 cm³/mol. The van der Waals surface area contributed by atoms with Crippen LogP contribution in [0.5, 0.6) is 0 Å². The molecule has 0 fully saturated rings. The first-order valence-electron chi connectivity index (χ1n) is 5.28. The molecule has 0 spiro atoms. The van der Waals surface area contributed by atoms with Crippen molar-refractivity contribution in [2.75, 3.05) is 11.9 Å². The van der Waals surface area contributed by atoms with Gasteiger partial charge in [-0.05, 0) is 35.8 Å². The van der Waals surface area contributed by atoms with Crippen LogP contribution < -0.4 is 10.6 Å². The van der Waals surface area contributed by atoms with E-state index in [2.05, 4.69) is 31.4 Å². The maximum Gasteiger partial charge on any atom is 0.170 e. The van der Waals surface area contributed by atoms with E-state index < -0.39 is 0 Å². The van der Waals surface area contributed by atoms with Crippen molar-refractivity contribution >= 4 is 46.2 Å². The minimum atomic E-state index is 0.184. The Morgan fingerprint density at radius 1 is 1.24 bits per heavy atom. The third-order valence-electron chi connectivity index (χ3n) is 1.96. The lowest BCUT2D eigenvalue weighted by atomic mass is 9.97. The number of benzene rings is 1. The molecule has 0 heterocycles. The monoisotopic (exact) mass is 290 g/mol. The molecule has 94 valence electrons. The number of hydrogen-bond acceptors (Lipinski definition) is 1. The van der Waals surface area contributed by atoms with Gasteiger partial charge in [0.1, 0.15) is 0 Å². The molecule has 0 aliphatic heterocycles. The van der Waals surface area contributed by atoms with Crippen molar-refractivity contribution in [3.05, 3.63) is 28.2 Å². The van der Waals surface area contributed by atoms with Crippen LogP contribution in [0, 0.1) is 5.41 Å². The molecule has 17 heavy (non-hydrogen) atoms. The Labute approximate surface area is 118 Å². The fourth-order valence-electron chi connectivity index (χ4n) is 1.09. The van der Waals surface area contributed by atoms with E-state index >= 15 is 0 Å². The quantitative estimate of drug-likeness (QED) is 0.793. The zero-order chi connectivity index (χ0) is 13.1. The molecule has 0 radical (unpaired) electrons. The first-order chi connectivity index (χ1) is 7.78. The van der Waals surface area contributed by atoms with Crippen LogP contribution in [0.3, 0.4) is 0 Å². The molecular formula is C12H16Cl2N2S. The zero-order valence-corrected chi connectivity index (χ0v) is 12.4. The molecule has 1 aromatic carbocycles. The fourth-order valence-corrected chi connectivity index (χ4v) is 1.58. The van der Waals surface area contributed by atoms with Gasteiger partial charge in [0.15, 0.2) is 5.11 Å². The lowest BCUT2D eigenvalue weighted by molar-refractivity contribution is 0.409. The van der Waals surface area contributed by atoms with E-state index in [4.69, 9.17) is 35.4 Å². The highest BCUT2D eigenvalue weighted by atomic mass is 35.5. The molecule has 5 heteroatoms. The van der Waals surface area contributed by atoms with Crippen LogP contribution >= 0.6 is 35.4 Å². The van der Waals surface area contributed by atoms with Crippen molar-refractivity contribution in [1.29, 1.82) is 0 Å². The van der Waals surface area contributed by atoms with Gasteiger partial charge in [-0.25, -0.2) is 0 Å². The van der Waals surface area contributed by atoms with Crippen LogP contribution in [0.4, 0.5) is 5.69 Å². The Morgan fingerprint density at radius 2 is 1.88 bits per heavy atom. The Bertz CT molecular complexity index is 413. The van der Waals surface area contributed by atoms with Crippen LogP contribution in [-0.2, 0) is 0 Å². The van der Waals surface area contributed by atoms with Crippen molar-refractivity contribution in [2.45, 2.75) is 20.8 Å². The summed E-state index contributed by atoms with van der Waals surface area (Å²) in [7, 11) is 0. The first-order valence-corrected chi connectivity index (χ1v) is 6.44. The van der Waals surface area contributed by atoms with Gasteiger partial charge >= 0.3 is 0 Å². The summed E-state index contributed by atoms with van der Waals surface area (Å²) in [6, 6.07) is 5.31. The molecule has 1 rings (SSSR count). The molecule has 0 aromatic heterocycles. The molecule has 0 aliphatic carbocycles. The normalized spacial score (nSPS) is 11.1. The average molecular weight is 291 g/mol. The third kappa shape index (κ3) is 5.57. The predicted octanol–water partition coefficient (Wildman–Crippen LogP) is 4.33. The number of halogens is 2. The van der Waals surface area contributed by atoms with Crippen molar-refractivity contribution in [3.63, 3.8) is 0 Å². The zero-order valence-electron chi connectivity index (χ0n) is 10.1. The molecule has 0 saturated heterocycles. The second-order valence-electron chi connectivity index (χ2n) is 5.00. The highest BCUT2D eigenvalue weighted by Gasteiger charge is 2.10. The molecule has 0 bridgehead atoms. The summed E-state index contributed by atoms with van der Waals surface area (Å²) >= 11 is 16.9. The number of anilines is 1. The van der Waals surface area contributed by atoms with Crippen LogP contribution in [0.2, 0.25) is 10.0 Å². The van der Waals surface area contributed by atoms with Gasteiger partial charge in [-0.15, -0.1) is 0 Å². The Hall–Kier alpha value is -0.510. The molecular weight excluding hydrogens is 275 g/mol. The van der Waals surface area contributed by atoms with E-state index in [-0.39, 0.29) is 5.41 Å². The van der Waals surface area contributed by atoms with E-state index in [1.807, 2.05) is 6.07 Å². The molecule has 0 aliphatic rings. The average Bonchev–Trinajstić information content (AvgIpc) is 2.20. The summed E-state index contributed by atoms with van der Waals surface area (Å²) < 4.78 is 0. The van der Waals surface area contributed by atoms with E-state index in [9.17, 15) is 0 Å². The SMILES string of the molecule is CC(C)(C)CNC(=S)Nc1ccc(Cl)c(Cl)c1. The van der Waals surface area contributed by atoms with E-state index in [1.54, 1.807) is 12.1 Å². The van der Waals surface area contributed by atoms with Gasteiger partial charge in [-0.3, -0.25) is 0 Å². The maximum atomic E-state index is 5.91. The summed E-state index contributed by atoms with van der Waals surface area (Å²) in [5.74, 6) is 0. The van der Waals surface area contributed by atoms with Crippen LogP contribution in [0.1, 0.15) is 20.8 Å². The van der Waals surface area contributed by atoms with E-state index in [0.29, 0.717) is 15.2 Å². The standard InChI is InChI=1S/C12H16Cl2N2S/c1-12(2,3)7-15-11(17)16-8-4-5-9(13)10(14)6-8/h4-6H,7H2,1-3H3,(H2,15,16,17). The maximum absolute atomic E-state index is 5.91. The topological polar surface area (TPSA) is 24.1 Å². The minimum Gasteiger partial charge on any atom is -0.362 e. The van der Waals surface area contributed by atoms with Crippen LogP contribution in [0.15, 0.2) is 18.2 Å². The second kappa shape index (κ2) is 5.89. The lowest BCUT2D eigenvalue weighted by Crippen LogP contribution is -2.35. The van der Waals surface area contributed by atoms with Gasteiger partial charge in [0, 0.05) is 12.2 Å². The summed E-state index contributed by atoms with van der Waals surface area (Å²) in [5, 5.41) is 7.83. The molecule has 0 unspecified atom stereocenters. The molecule has 1 aromatic rings. The van der Waals surface area contributed by atoms with E-state index in [0.717, 1.165) is 12.2 Å². The summed E-state index contributed by atoms with van der Waals surface area (Å²) in [5.41, 5.74) is 1.01. The van der Waals surface area contributed by atoms with Crippen molar-refractivity contribution in [1.82, 2.24) is 5.32 Å². The molecule has 0 amide bonds. The molecule has 0 atom stereocenters. The van der Waals surface area contributed by atoms with Crippen LogP contribution in [0.25, 0.3) is 0 Å². The highest BCUT2D eigenvalue weighted by molar-refractivity contribution is 7.80. The molecule has 2 N–H and O–H groups in total. The Morgan fingerprint density at radius 3 is 2.41 bits per heavy atom. The summed E-state index contributed by atoms with van der Waals surface area (Å²) in [4.78, 5) is 0.